The van der Waals surface area contributed by atoms with E-state index in [1.165, 1.54) is 30.7 Å². The Labute approximate surface area is 133 Å². The van der Waals surface area contributed by atoms with Crippen LogP contribution in [-0.2, 0) is 6.42 Å². The van der Waals surface area contributed by atoms with Crippen LogP contribution < -0.4 is 10.6 Å². The molecular weight excluding hydrogens is 280 g/mol. The molecule has 0 saturated carbocycles. The molecule has 1 aromatic rings. The predicted molar refractivity (Wildman–Crippen MR) is 93.3 cm³/mol. The minimum Gasteiger partial charge on any atom is -0.356 e. The second-order valence-electron chi connectivity index (χ2n) is 5.53. The van der Waals surface area contributed by atoms with E-state index in [4.69, 9.17) is 0 Å². The maximum atomic E-state index is 4.48. The van der Waals surface area contributed by atoms with Gasteiger partial charge in [-0.2, -0.15) is 0 Å². The Morgan fingerprint density at radius 1 is 1.38 bits per heavy atom. The number of rotatable bonds is 9. The van der Waals surface area contributed by atoms with Gasteiger partial charge in [-0.25, -0.2) is 4.98 Å². The predicted octanol–water partition coefficient (Wildman–Crippen LogP) is 3.52. The van der Waals surface area contributed by atoms with E-state index in [0.717, 1.165) is 31.0 Å². The first-order valence-electron chi connectivity index (χ1n) is 8.04. The van der Waals surface area contributed by atoms with Gasteiger partial charge in [-0.3, -0.25) is 4.99 Å². The molecule has 1 aromatic heterocycles. The molecule has 120 valence electrons. The van der Waals surface area contributed by atoms with E-state index >= 15 is 0 Å². The van der Waals surface area contributed by atoms with Crippen molar-refractivity contribution in [2.24, 2.45) is 4.99 Å². The Balaban J connectivity index is 2.16. The van der Waals surface area contributed by atoms with Crippen molar-refractivity contribution in [1.82, 2.24) is 15.6 Å². The van der Waals surface area contributed by atoms with Crippen LogP contribution in [0.2, 0.25) is 0 Å². The Bertz CT molecular complexity index is 414. The molecule has 1 unspecified atom stereocenters. The maximum Gasteiger partial charge on any atom is 0.191 e. The lowest BCUT2D eigenvalue weighted by Crippen LogP contribution is -2.42. The summed E-state index contributed by atoms with van der Waals surface area (Å²) in [5, 5.41) is 10.2. The van der Waals surface area contributed by atoms with Gasteiger partial charge in [0.2, 0.25) is 0 Å². The smallest absolute Gasteiger partial charge is 0.191 e. The van der Waals surface area contributed by atoms with Crippen molar-refractivity contribution in [3.05, 3.63) is 16.1 Å². The summed E-state index contributed by atoms with van der Waals surface area (Å²) in [4.78, 5) is 8.77. The molecule has 0 amide bonds. The number of nitrogens with one attached hydrogen (secondary N) is 2. The van der Waals surface area contributed by atoms with Gasteiger partial charge in [0.15, 0.2) is 5.96 Å². The molecule has 1 heterocycles. The molecule has 2 N–H and O–H groups in total. The van der Waals surface area contributed by atoms with Gasteiger partial charge in [0.1, 0.15) is 0 Å². The summed E-state index contributed by atoms with van der Waals surface area (Å²) in [5.41, 5.74) is 1.13. The minimum absolute atomic E-state index is 0.476. The van der Waals surface area contributed by atoms with Gasteiger partial charge in [0.25, 0.3) is 0 Å². The van der Waals surface area contributed by atoms with Crippen LogP contribution in [0.4, 0.5) is 0 Å². The highest BCUT2D eigenvalue weighted by atomic mass is 32.1. The van der Waals surface area contributed by atoms with Crippen LogP contribution in [0.1, 0.15) is 56.7 Å². The van der Waals surface area contributed by atoms with E-state index in [1.807, 2.05) is 14.0 Å². The number of nitrogens with zero attached hydrogens (tertiary/aromatic N) is 2. The van der Waals surface area contributed by atoms with Crippen LogP contribution in [-0.4, -0.2) is 30.6 Å². The Hall–Kier alpha value is -1.10. The van der Waals surface area contributed by atoms with Crippen molar-refractivity contribution in [2.75, 3.05) is 13.6 Å². The molecule has 0 aliphatic heterocycles. The summed E-state index contributed by atoms with van der Waals surface area (Å²) >= 11 is 1.75. The van der Waals surface area contributed by atoms with E-state index < -0.39 is 0 Å². The van der Waals surface area contributed by atoms with E-state index in [-0.39, 0.29) is 0 Å². The Morgan fingerprint density at radius 3 is 2.81 bits per heavy atom. The summed E-state index contributed by atoms with van der Waals surface area (Å²) in [5.74, 6) is 0.911. The Kier molecular flexibility index (Phi) is 9.06. The second kappa shape index (κ2) is 10.6. The number of thiazole rings is 1. The summed E-state index contributed by atoms with van der Waals surface area (Å²) < 4.78 is 0. The van der Waals surface area contributed by atoms with E-state index in [0.29, 0.717) is 6.04 Å². The first kappa shape index (κ1) is 18.0. The van der Waals surface area contributed by atoms with Gasteiger partial charge in [0, 0.05) is 37.1 Å². The summed E-state index contributed by atoms with van der Waals surface area (Å²) in [6.45, 7) is 7.44. The standard InChI is InChI=1S/C16H30N4S/c1-5-6-7-9-13(2)20-16(17-4)18-11-8-10-15-19-14(3)12-21-15/h12-13H,5-11H2,1-4H3,(H2,17,18,20). The van der Waals surface area contributed by atoms with Crippen LogP contribution in [0, 0.1) is 6.92 Å². The lowest BCUT2D eigenvalue weighted by Gasteiger charge is -2.17. The van der Waals surface area contributed by atoms with Crippen molar-refractivity contribution in [3.63, 3.8) is 0 Å². The topological polar surface area (TPSA) is 49.3 Å². The summed E-state index contributed by atoms with van der Waals surface area (Å²) in [7, 11) is 1.83. The third-order valence-corrected chi connectivity index (χ3v) is 4.40. The van der Waals surface area contributed by atoms with Crippen LogP contribution in [0.5, 0.6) is 0 Å². The van der Waals surface area contributed by atoms with Gasteiger partial charge in [-0.1, -0.05) is 26.2 Å². The molecule has 0 saturated heterocycles. The maximum absolute atomic E-state index is 4.48. The van der Waals surface area contributed by atoms with Crippen LogP contribution in [0.15, 0.2) is 10.4 Å². The average molecular weight is 311 g/mol. The fraction of sp³-hybridized carbons (Fsp3) is 0.750. The normalized spacial score (nSPS) is 13.2. The lowest BCUT2D eigenvalue weighted by molar-refractivity contribution is 0.546. The SMILES string of the molecule is CCCCCC(C)NC(=NC)NCCCc1nc(C)cs1. The number of aromatic nitrogens is 1. The molecule has 0 aromatic carbocycles. The van der Waals surface area contributed by atoms with Gasteiger partial charge >= 0.3 is 0 Å². The second-order valence-corrected chi connectivity index (χ2v) is 6.47. The molecule has 0 radical (unpaired) electrons. The fourth-order valence-electron chi connectivity index (χ4n) is 2.16. The minimum atomic E-state index is 0.476. The molecule has 0 bridgehead atoms. The monoisotopic (exact) mass is 310 g/mol. The number of aryl methyl sites for hydroxylation is 2. The number of aliphatic imine (C=N–C) groups is 1. The summed E-state index contributed by atoms with van der Waals surface area (Å²) in [6, 6.07) is 0.476. The molecule has 0 fully saturated rings. The van der Waals surface area contributed by atoms with Gasteiger partial charge in [-0.15, -0.1) is 11.3 Å². The van der Waals surface area contributed by atoms with Crippen molar-refractivity contribution in [1.29, 1.82) is 0 Å². The van der Waals surface area contributed by atoms with Gasteiger partial charge < -0.3 is 10.6 Å². The number of guanidine groups is 1. The van der Waals surface area contributed by atoms with E-state index in [9.17, 15) is 0 Å². The fourth-order valence-corrected chi connectivity index (χ4v) is 2.98. The van der Waals surface area contributed by atoms with Gasteiger partial charge in [-0.05, 0) is 26.7 Å². The third-order valence-electron chi connectivity index (χ3n) is 3.37. The largest absolute Gasteiger partial charge is 0.356 e. The van der Waals surface area contributed by atoms with E-state index in [2.05, 4.69) is 39.8 Å². The lowest BCUT2D eigenvalue weighted by atomic mass is 10.1. The zero-order chi connectivity index (χ0) is 15.5. The Morgan fingerprint density at radius 2 is 2.19 bits per heavy atom. The molecule has 4 nitrogen and oxygen atoms in total. The molecule has 0 aliphatic rings. The van der Waals surface area contributed by atoms with Crippen LogP contribution >= 0.6 is 11.3 Å². The number of unbranched alkanes of at least 4 members (excludes halogenated alkanes) is 2. The molecular formula is C16H30N4S. The van der Waals surface area contributed by atoms with Crippen LogP contribution in [0.3, 0.4) is 0 Å². The first-order valence-corrected chi connectivity index (χ1v) is 8.91. The highest BCUT2D eigenvalue weighted by Gasteiger charge is 2.05. The molecule has 21 heavy (non-hydrogen) atoms. The van der Waals surface area contributed by atoms with Crippen molar-refractivity contribution in [2.45, 2.75) is 65.3 Å². The third kappa shape index (κ3) is 8.05. The van der Waals surface area contributed by atoms with Crippen molar-refractivity contribution >= 4 is 17.3 Å². The van der Waals surface area contributed by atoms with E-state index in [1.54, 1.807) is 11.3 Å². The first-order chi connectivity index (χ1) is 10.2. The van der Waals surface area contributed by atoms with Crippen LogP contribution in [0.25, 0.3) is 0 Å². The number of hydrogen-bond acceptors (Lipinski definition) is 3. The van der Waals surface area contributed by atoms with Crippen molar-refractivity contribution < 1.29 is 0 Å². The molecule has 0 spiro atoms. The van der Waals surface area contributed by atoms with Gasteiger partial charge in [0.05, 0.1) is 5.01 Å². The average Bonchev–Trinajstić information content (AvgIpc) is 2.88. The number of hydrogen-bond donors (Lipinski definition) is 2. The zero-order valence-electron chi connectivity index (χ0n) is 13.9. The quantitative estimate of drug-likeness (QED) is 0.417. The molecule has 5 heteroatoms. The molecule has 1 atom stereocenters. The molecule has 1 rings (SSSR count). The molecule has 0 aliphatic carbocycles. The van der Waals surface area contributed by atoms with Crippen molar-refractivity contribution in [3.8, 4) is 0 Å². The highest BCUT2D eigenvalue weighted by Crippen LogP contribution is 2.10. The summed E-state index contributed by atoms with van der Waals surface area (Å²) in [6.07, 6.45) is 7.19. The zero-order valence-corrected chi connectivity index (χ0v) is 14.7. The highest BCUT2D eigenvalue weighted by molar-refractivity contribution is 7.09.